The molecule has 1 aliphatic heterocycles. The second-order valence-corrected chi connectivity index (χ2v) is 8.34. The van der Waals surface area contributed by atoms with E-state index in [1.807, 2.05) is 19.9 Å². The maximum atomic E-state index is 13.0. The molecular weight excluding hydrogens is 463 g/mol. The van der Waals surface area contributed by atoms with Gasteiger partial charge in [-0.1, -0.05) is 35.3 Å². The summed E-state index contributed by atoms with van der Waals surface area (Å²) in [4.78, 5) is 39.1. The van der Waals surface area contributed by atoms with Gasteiger partial charge in [-0.15, -0.1) is 0 Å². The molecule has 0 aliphatic carbocycles. The van der Waals surface area contributed by atoms with Gasteiger partial charge in [0.05, 0.1) is 11.3 Å². The number of hydrogen-bond donors (Lipinski definition) is 1. The van der Waals surface area contributed by atoms with Crippen molar-refractivity contribution in [3.8, 4) is 5.75 Å². The van der Waals surface area contributed by atoms with E-state index in [1.165, 1.54) is 18.2 Å². The highest BCUT2D eigenvalue weighted by atomic mass is 35.5. The summed E-state index contributed by atoms with van der Waals surface area (Å²) in [6, 6.07) is 18.2. The molecule has 3 aromatic rings. The van der Waals surface area contributed by atoms with Crippen molar-refractivity contribution in [3.63, 3.8) is 0 Å². The zero-order valence-corrected chi connectivity index (χ0v) is 19.2. The van der Waals surface area contributed by atoms with Gasteiger partial charge in [0.1, 0.15) is 16.5 Å². The zero-order chi connectivity index (χ0) is 23.7. The Bertz CT molecular complexity index is 1300. The number of imide groups is 1. The predicted molar refractivity (Wildman–Crippen MR) is 128 cm³/mol. The fraction of sp³-hybridized carbons (Fsp3) is 0.0800. The van der Waals surface area contributed by atoms with Crippen molar-refractivity contribution in [3.05, 3.63) is 99.2 Å². The summed E-state index contributed by atoms with van der Waals surface area (Å²) in [7, 11) is 0. The van der Waals surface area contributed by atoms with Crippen LogP contribution in [0.3, 0.4) is 0 Å². The predicted octanol–water partition coefficient (Wildman–Crippen LogP) is 5.61. The second-order valence-electron chi connectivity index (χ2n) is 7.53. The van der Waals surface area contributed by atoms with Crippen LogP contribution >= 0.6 is 23.2 Å². The largest absolute Gasteiger partial charge is 0.423 e. The van der Waals surface area contributed by atoms with Crippen LogP contribution in [0.25, 0.3) is 0 Å². The van der Waals surface area contributed by atoms with Crippen molar-refractivity contribution in [2.24, 2.45) is 0 Å². The molecule has 0 fully saturated rings. The van der Waals surface area contributed by atoms with Crippen LogP contribution in [0.2, 0.25) is 5.02 Å². The number of rotatable bonds is 5. The van der Waals surface area contributed by atoms with Crippen molar-refractivity contribution < 1.29 is 19.1 Å². The van der Waals surface area contributed by atoms with E-state index in [1.54, 1.807) is 42.5 Å². The Kier molecular flexibility index (Phi) is 6.22. The third kappa shape index (κ3) is 4.77. The monoisotopic (exact) mass is 480 g/mol. The molecule has 1 aliphatic rings. The molecule has 3 aromatic carbocycles. The first-order valence-electron chi connectivity index (χ1n) is 9.94. The van der Waals surface area contributed by atoms with Crippen molar-refractivity contribution in [1.29, 1.82) is 0 Å². The number of nitrogens with zero attached hydrogens (tertiary/aromatic N) is 1. The first-order chi connectivity index (χ1) is 15.7. The van der Waals surface area contributed by atoms with Gasteiger partial charge in [0.2, 0.25) is 0 Å². The Hall–Kier alpha value is -3.61. The normalized spacial score (nSPS) is 13.5. The highest BCUT2D eigenvalue weighted by Crippen LogP contribution is 2.31. The lowest BCUT2D eigenvalue weighted by Gasteiger charge is -2.16. The maximum absolute atomic E-state index is 13.0. The number of hydrogen-bond acceptors (Lipinski definition) is 5. The summed E-state index contributed by atoms with van der Waals surface area (Å²) in [5.41, 5.74) is 3.04. The Labute approximate surface area is 200 Å². The van der Waals surface area contributed by atoms with Gasteiger partial charge in [-0.3, -0.25) is 9.59 Å². The van der Waals surface area contributed by atoms with Crippen LogP contribution in [0.15, 0.2) is 77.5 Å². The molecule has 0 unspecified atom stereocenters. The lowest BCUT2D eigenvalue weighted by Crippen LogP contribution is -2.32. The highest BCUT2D eigenvalue weighted by molar-refractivity contribution is 6.53. The SMILES string of the molecule is Cc1cc(C)cc(N2C(=O)C(Cl)=C(Nc3ccc(C(=O)Oc4cccc(Cl)c4)cc3)C2=O)c1. The molecule has 0 saturated heterocycles. The van der Waals surface area contributed by atoms with Gasteiger partial charge < -0.3 is 10.1 Å². The van der Waals surface area contributed by atoms with E-state index in [0.717, 1.165) is 16.0 Å². The summed E-state index contributed by atoms with van der Waals surface area (Å²) in [6.45, 7) is 3.77. The number of nitrogens with one attached hydrogen (secondary N) is 1. The minimum Gasteiger partial charge on any atom is -0.423 e. The Morgan fingerprint density at radius 3 is 2.18 bits per heavy atom. The number of anilines is 2. The average Bonchev–Trinajstić information content (AvgIpc) is 2.96. The molecule has 33 heavy (non-hydrogen) atoms. The first kappa shape index (κ1) is 22.6. The third-order valence-corrected chi connectivity index (χ3v) is 5.47. The van der Waals surface area contributed by atoms with Gasteiger partial charge in [0, 0.05) is 10.7 Å². The molecule has 0 bridgehead atoms. The van der Waals surface area contributed by atoms with Crippen LogP contribution in [0.1, 0.15) is 21.5 Å². The van der Waals surface area contributed by atoms with Gasteiger partial charge in [0.15, 0.2) is 0 Å². The lowest BCUT2D eigenvalue weighted by atomic mass is 10.1. The lowest BCUT2D eigenvalue weighted by molar-refractivity contribution is -0.120. The van der Waals surface area contributed by atoms with Crippen LogP contribution < -0.4 is 15.0 Å². The van der Waals surface area contributed by atoms with Crippen LogP contribution in [0, 0.1) is 13.8 Å². The minimum atomic E-state index is -0.601. The number of ether oxygens (including phenoxy) is 1. The number of amides is 2. The number of halogens is 2. The summed E-state index contributed by atoms with van der Waals surface area (Å²) in [5, 5.41) is 3.14. The first-order valence-corrected chi connectivity index (χ1v) is 10.7. The fourth-order valence-corrected chi connectivity index (χ4v) is 3.85. The van der Waals surface area contributed by atoms with Gasteiger partial charge in [-0.25, -0.2) is 9.69 Å². The Balaban J connectivity index is 1.50. The van der Waals surface area contributed by atoms with E-state index in [-0.39, 0.29) is 10.7 Å². The highest BCUT2D eigenvalue weighted by Gasteiger charge is 2.39. The quantitative estimate of drug-likeness (QED) is 0.291. The number of carbonyl (C=O) groups excluding carboxylic acids is 3. The number of benzene rings is 3. The smallest absolute Gasteiger partial charge is 0.343 e. The molecule has 8 heteroatoms. The molecule has 6 nitrogen and oxygen atoms in total. The second kappa shape index (κ2) is 9.10. The van der Waals surface area contributed by atoms with Crippen molar-refractivity contribution >= 4 is 52.4 Å². The fourth-order valence-electron chi connectivity index (χ4n) is 3.46. The van der Waals surface area contributed by atoms with E-state index < -0.39 is 17.8 Å². The molecule has 0 atom stereocenters. The Morgan fingerprint density at radius 2 is 1.55 bits per heavy atom. The number of aryl methyl sites for hydroxylation is 2. The third-order valence-electron chi connectivity index (χ3n) is 4.89. The van der Waals surface area contributed by atoms with E-state index in [2.05, 4.69) is 5.32 Å². The Morgan fingerprint density at radius 1 is 0.879 bits per heavy atom. The van der Waals surface area contributed by atoms with Crippen molar-refractivity contribution in [2.75, 3.05) is 10.2 Å². The summed E-state index contributed by atoms with van der Waals surface area (Å²) >= 11 is 12.1. The van der Waals surface area contributed by atoms with E-state index >= 15 is 0 Å². The molecule has 0 spiro atoms. The molecule has 1 N–H and O–H groups in total. The van der Waals surface area contributed by atoms with Crippen LogP contribution in [0.5, 0.6) is 5.75 Å². The number of esters is 1. The standard InChI is InChI=1S/C25H18Cl2N2O4/c1-14-10-15(2)12-19(11-14)29-23(30)21(27)22(24(29)31)28-18-8-6-16(7-9-18)25(32)33-20-5-3-4-17(26)13-20/h3-13,28H,1-2H3. The molecule has 1 heterocycles. The van der Waals surface area contributed by atoms with E-state index in [4.69, 9.17) is 27.9 Å². The van der Waals surface area contributed by atoms with Gasteiger partial charge in [0.25, 0.3) is 11.8 Å². The molecular formula is C25H18Cl2N2O4. The van der Waals surface area contributed by atoms with Gasteiger partial charge in [-0.2, -0.15) is 0 Å². The van der Waals surface area contributed by atoms with Gasteiger partial charge >= 0.3 is 5.97 Å². The van der Waals surface area contributed by atoms with E-state index in [9.17, 15) is 14.4 Å². The topological polar surface area (TPSA) is 75.7 Å². The van der Waals surface area contributed by atoms with Crippen LogP contribution in [-0.4, -0.2) is 17.8 Å². The summed E-state index contributed by atoms with van der Waals surface area (Å²) in [5.74, 6) is -1.39. The van der Waals surface area contributed by atoms with Crippen molar-refractivity contribution in [2.45, 2.75) is 13.8 Å². The molecule has 0 aromatic heterocycles. The summed E-state index contributed by atoms with van der Waals surface area (Å²) < 4.78 is 5.31. The van der Waals surface area contributed by atoms with E-state index in [0.29, 0.717) is 27.7 Å². The van der Waals surface area contributed by atoms with Crippen LogP contribution in [0.4, 0.5) is 11.4 Å². The van der Waals surface area contributed by atoms with Crippen LogP contribution in [-0.2, 0) is 9.59 Å². The average molecular weight is 481 g/mol. The molecule has 0 saturated carbocycles. The van der Waals surface area contributed by atoms with Gasteiger partial charge in [-0.05, 0) is 79.6 Å². The summed E-state index contributed by atoms with van der Waals surface area (Å²) in [6.07, 6.45) is 0. The zero-order valence-electron chi connectivity index (χ0n) is 17.7. The molecule has 2 amide bonds. The molecule has 166 valence electrons. The number of carbonyl (C=O) groups is 3. The minimum absolute atomic E-state index is 0.0323. The maximum Gasteiger partial charge on any atom is 0.343 e. The molecule has 4 rings (SSSR count). The van der Waals surface area contributed by atoms with Crippen molar-refractivity contribution in [1.82, 2.24) is 0 Å². The molecule has 0 radical (unpaired) electrons.